The first kappa shape index (κ1) is 14.4. The van der Waals surface area contributed by atoms with Crippen molar-refractivity contribution >= 4 is 5.82 Å². The Kier molecular flexibility index (Phi) is 3.26. The number of pyridine rings is 1. The zero-order valence-corrected chi connectivity index (χ0v) is 12.1. The number of ether oxygens (including phenoxy) is 1. The molecule has 2 aliphatic heterocycles. The lowest BCUT2D eigenvalue weighted by Gasteiger charge is -2.41. The van der Waals surface area contributed by atoms with E-state index in [1.165, 1.54) is 6.20 Å². The van der Waals surface area contributed by atoms with Crippen LogP contribution in [0.2, 0.25) is 0 Å². The molecule has 23 heavy (non-hydrogen) atoms. The van der Waals surface area contributed by atoms with Crippen molar-refractivity contribution < 1.29 is 17.9 Å². The highest BCUT2D eigenvalue weighted by molar-refractivity contribution is 5.42. The van der Waals surface area contributed by atoms with Gasteiger partial charge in [0.15, 0.2) is 0 Å². The van der Waals surface area contributed by atoms with Gasteiger partial charge in [-0.1, -0.05) is 5.21 Å². The van der Waals surface area contributed by atoms with E-state index in [2.05, 4.69) is 15.3 Å². The van der Waals surface area contributed by atoms with Gasteiger partial charge in [-0.05, 0) is 18.6 Å². The normalized spacial score (nSPS) is 24.2. The molecule has 1 saturated heterocycles. The number of nitrogens with zero attached hydrogens (tertiary/aromatic N) is 5. The zero-order chi connectivity index (χ0) is 16.0. The monoisotopic (exact) mass is 325 g/mol. The number of anilines is 1. The maximum atomic E-state index is 12.9. The van der Waals surface area contributed by atoms with Gasteiger partial charge in [0.05, 0.1) is 36.2 Å². The van der Waals surface area contributed by atoms with Crippen molar-refractivity contribution in [2.45, 2.75) is 31.3 Å². The minimum atomic E-state index is -4.37. The molecular weight excluding hydrogens is 311 g/mol. The standard InChI is InChI=1S/C14H14F3N5O/c15-14(16,17)9-1-3-18-13(5-9)21-4-2-12-11(7-21)22-10(8-23-12)6-19-20-22/h1,3,5-6,11-12H,2,4,7-8H2/t11-,12+/m1/s1. The summed E-state index contributed by atoms with van der Waals surface area (Å²) >= 11 is 0. The Morgan fingerprint density at radius 1 is 1.30 bits per heavy atom. The van der Waals surface area contributed by atoms with Crippen molar-refractivity contribution in [3.05, 3.63) is 35.8 Å². The Bertz CT molecular complexity index is 716. The summed E-state index contributed by atoms with van der Waals surface area (Å²) < 4.78 is 46.2. The molecule has 1 fully saturated rings. The average molecular weight is 325 g/mol. The van der Waals surface area contributed by atoms with Gasteiger partial charge in [-0.15, -0.1) is 5.10 Å². The highest BCUT2D eigenvalue weighted by atomic mass is 19.4. The lowest BCUT2D eigenvalue weighted by Crippen LogP contribution is -2.48. The van der Waals surface area contributed by atoms with Gasteiger partial charge in [-0.3, -0.25) is 0 Å². The second kappa shape index (κ2) is 5.19. The van der Waals surface area contributed by atoms with Crippen molar-refractivity contribution in [3.8, 4) is 0 Å². The molecule has 122 valence electrons. The van der Waals surface area contributed by atoms with Crippen LogP contribution in [0.15, 0.2) is 24.5 Å². The van der Waals surface area contributed by atoms with Gasteiger partial charge in [-0.25, -0.2) is 9.67 Å². The van der Waals surface area contributed by atoms with E-state index in [1.807, 2.05) is 9.58 Å². The predicted octanol–water partition coefficient (Wildman–Crippen LogP) is 2.04. The fourth-order valence-corrected chi connectivity index (χ4v) is 3.15. The Balaban J connectivity index is 1.61. The van der Waals surface area contributed by atoms with Crippen molar-refractivity contribution in [2.24, 2.45) is 0 Å². The predicted molar refractivity (Wildman–Crippen MR) is 73.7 cm³/mol. The minimum Gasteiger partial charge on any atom is -0.370 e. The number of halogens is 3. The molecule has 2 aromatic rings. The third-order valence-corrected chi connectivity index (χ3v) is 4.33. The van der Waals surface area contributed by atoms with E-state index in [9.17, 15) is 13.2 Å². The molecule has 0 amide bonds. The van der Waals surface area contributed by atoms with Crippen molar-refractivity contribution in [3.63, 3.8) is 0 Å². The third kappa shape index (κ3) is 2.54. The van der Waals surface area contributed by atoms with Crippen LogP contribution >= 0.6 is 0 Å². The lowest BCUT2D eigenvalue weighted by molar-refractivity contribution is -0.137. The molecule has 2 atom stereocenters. The molecule has 4 rings (SSSR count). The van der Waals surface area contributed by atoms with Gasteiger partial charge in [0.2, 0.25) is 0 Å². The molecule has 0 radical (unpaired) electrons. The van der Waals surface area contributed by atoms with Gasteiger partial charge in [0.25, 0.3) is 0 Å². The molecule has 2 aliphatic rings. The number of hydrogen-bond acceptors (Lipinski definition) is 5. The summed E-state index contributed by atoms with van der Waals surface area (Å²) in [5.41, 5.74) is 0.191. The summed E-state index contributed by atoms with van der Waals surface area (Å²) in [6.45, 7) is 1.56. The van der Waals surface area contributed by atoms with Crippen LogP contribution in [0.4, 0.5) is 19.0 Å². The summed E-state index contributed by atoms with van der Waals surface area (Å²) in [6, 6.07) is 2.01. The van der Waals surface area contributed by atoms with Crippen LogP contribution in [-0.2, 0) is 17.5 Å². The summed E-state index contributed by atoms with van der Waals surface area (Å²) in [6.07, 6.45) is -0.809. The zero-order valence-electron chi connectivity index (χ0n) is 12.1. The van der Waals surface area contributed by atoms with Gasteiger partial charge in [0, 0.05) is 19.3 Å². The SMILES string of the molecule is FC(F)(F)c1ccnc(N2CC[C@@H]3OCc4cnnn4[C@@H]3C2)c1. The van der Waals surface area contributed by atoms with Crippen LogP contribution in [0.25, 0.3) is 0 Å². The Labute approximate surface area is 129 Å². The summed E-state index contributed by atoms with van der Waals surface area (Å²) in [5.74, 6) is 0.325. The molecule has 0 spiro atoms. The van der Waals surface area contributed by atoms with Crippen molar-refractivity contribution in [1.82, 2.24) is 20.0 Å². The maximum absolute atomic E-state index is 12.9. The fourth-order valence-electron chi connectivity index (χ4n) is 3.15. The number of fused-ring (bicyclic) bond motifs is 3. The molecule has 9 heteroatoms. The van der Waals surface area contributed by atoms with E-state index < -0.39 is 11.7 Å². The number of aromatic nitrogens is 4. The molecule has 0 unspecified atom stereocenters. The van der Waals surface area contributed by atoms with Crippen LogP contribution in [-0.4, -0.2) is 39.2 Å². The molecule has 0 bridgehead atoms. The highest BCUT2D eigenvalue weighted by Gasteiger charge is 2.37. The summed E-state index contributed by atoms with van der Waals surface area (Å²) in [7, 11) is 0. The van der Waals surface area contributed by atoms with Crippen molar-refractivity contribution in [2.75, 3.05) is 18.0 Å². The maximum Gasteiger partial charge on any atom is 0.416 e. The summed E-state index contributed by atoms with van der Waals surface area (Å²) in [5, 5.41) is 7.97. The lowest BCUT2D eigenvalue weighted by atomic mass is 10.0. The van der Waals surface area contributed by atoms with E-state index in [4.69, 9.17) is 4.74 Å². The van der Waals surface area contributed by atoms with Crippen LogP contribution in [0.5, 0.6) is 0 Å². The quantitative estimate of drug-likeness (QED) is 0.803. The molecular formula is C14H14F3N5O. The van der Waals surface area contributed by atoms with Gasteiger partial charge in [-0.2, -0.15) is 13.2 Å². The first-order valence-corrected chi connectivity index (χ1v) is 7.31. The van der Waals surface area contributed by atoms with Crippen LogP contribution in [0.1, 0.15) is 23.7 Å². The molecule has 0 N–H and O–H groups in total. The summed E-state index contributed by atoms with van der Waals surface area (Å²) in [4.78, 5) is 5.94. The molecule has 4 heterocycles. The van der Waals surface area contributed by atoms with Gasteiger partial charge < -0.3 is 9.64 Å². The highest BCUT2D eigenvalue weighted by Crippen LogP contribution is 2.34. The second-order valence-corrected chi connectivity index (χ2v) is 5.72. The largest absolute Gasteiger partial charge is 0.416 e. The fraction of sp³-hybridized carbons (Fsp3) is 0.500. The van der Waals surface area contributed by atoms with E-state index >= 15 is 0 Å². The van der Waals surface area contributed by atoms with E-state index in [-0.39, 0.29) is 12.1 Å². The first-order chi connectivity index (χ1) is 11.0. The number of rotatable bonds is 1. The number of alkyl halides is 3. The van der Waals surface area contributed by atoms with Gasteiger partial charge >= 0.3 is 6.18 Å². The van der Waals surface area contributed by atoms with Crippen LogP contribution < -0.4 is 4.90 Å². The van der Waals surface area contributed by atoms with Gasteiger partial charge in [0.1, 0.15) is 5.82 Å². The molecule has 2 aromatic heterocycles. The smallest absolute Gasteiger partial charge is 0.370 e. The van der Waals surface area contributed by atoms with E-state index in [1.54, 1.807) is 6.20 Å². The van der Waals surface area contributed by atoms with E-state index in [0.29, 0.717) is 31.9 Å². The average Bonchev–Trinajstić information content (AvgIpc) is 3.03. The Hall–Kier alpha value is -2.16. The topological polar surface area (TPSA) is 56.1 Å². The second-order valence-electron chi connectivity index (χ2n) is 5.72. The first-order valence-electron chi connectivity index (χ1n) is 7.31. The number of hydrogen-bond donors (Lipinski definition) is 0. The molecule has 0 aromatic carbocycles. The minimum absolute atomic E-state index is 0.00579. The van der Waals surface area contributed by atoms with Crippen LogP contribution in [0, 0.1) is 0 Å². The third-order valence-electron chi connectivity index (χ3n) is 4.33. The number of piperidine rings is 1. The van der Waals surface area contributed by atoms with Crippen LogP contribution in [0.3, 0.4) is 0 Å². The van der Waals surface area contributed by atoms with Crippen molar-refractivity contribution in [1.29, 1.82) is 0 Å². The van der Waals surface area contributed by atoms with E-state index in [0.717, 1.165) is 17.8 Å². The Morgan fingerprint density at radius 2 is 2.17 bits per heavy atom. The Morgan fingerprint density at radius 3 is 3.00 bits per heavy atom. The molecule has 6 nitrogen and oxygen atoms in total. The molecule has 0 saturated carbocycles. The molecule has 0 aliphatic carbocycles.